The number of benzene rings is 2. The molecule has 6 rings (SSSR count). The number of aliphatic hydroxyl groups is 1. The van der Waals surface area contributed by atoms with Crippen molar-refractivity contribution in [1.29, 1.82) is 5.26 Å². The monoisotopic (exact) mass is 616 g/mol. The zero-order valence-corrected chi connectivity index (χ0v) is 25.2. The van der Waals surface area contributed by atoms with Gasteiger partial charge in [-0.3, -0.25) is 9.69 Å². The lowest BCUT2D eigenvalue weighted by Crippen LogP contribution is -2.56. The van der Waals surface area contributed by atoms with Crippen molar-refractivity contribution in [2.75, 3.05) is 69.3 Å². The Morgan fingerprint density at radius 1 is 1.16 bits per heavy atom. The van der Waals surface area contributed by atoms with E-state index in [4.69, 9.17) is 14.6 Å². The fourth-order valence-corrected chi connectivity index (χ4v) is 5.99. The van der Waals surface area contributed by atoms with Crippen LogP contribution in [0.25, 0.3) is 11.4 Å². The van der Waals surface area contributed by atoms with E-state index in [1.54, 1.807) is 18.2 Å². The van der Waals surface area contributed by atoms with Crippen molar-refractivity contribution in [3.05, 3.63) is 53.9 Å². The number of alkyl halides is 1. The molecule has 0 spiro atoms. The Morgan fingerprint density at radius 3 is 2.67 bits per heavy atom. The number of nitrogens with zero attached hydrogens (tertiary/aromatic N) is 7. The van der Waals surface area contributed by atoms with Crippen molar-refractivity contribution in [1.82, 2.24) is 24.8 Å². The number of aromatic nitrogens is 3. The van der Waals surface area contributed by atoms with Gasteiger partial charge >= 0.3 is 0 Å². The van der Waals surface area contributed by atoms with Crippen molar-refractivity contribution in [3.8, 4) is 23.2 Å². The van der Waals surface area contributed by atoms with Gasteiger partial charge in [-0.25, -0.2) is 14.4 Å². The molecule has 0 saturated carbocycles. The second-order valence-electron chi connectivity index (χ2n) is 11.6. The molecule has 0 radical (unpaired) electrons. The summed E-state index contributed by atoms with van der Waals surface area (Å²) in [7, 11) is 0. The Balaban J connectivity index is 1.09. The quantitative estimate of drug-likeness (QED) is 0.367. The van der Waals surface area contributed by atoms with Crippen LogP contribution in [-0.4, -0.2) is 113 Å². The van der Waals surface area contributed by atoms with Gasteiger partial charge in [-0.15, -0.1) is 0 Å². The molecule has 4 heterocycles. The summed E-state index contributed by atoms with van der Waals surface area (Å²) in [6, 6.07) is 13.9. The van der Waals surface area contributed by atoms with Gasteiger partial charge in [0.25, 0.3) is 0 Å². The minimum Gasteiger partial charge on any atom is -0.486 e. The van der Waals surface area contributed by atoms with E-state index in [0.717, 1.165) is 50.6 Å². The first kappa shape index (κ1) is 30.6. The van der Waals surface area contributed by atoms with E-state index in [9.17, 15) is 14.4 Å². The molecule has 236 valence electrons. The molecule has 3 aromatic rings. The van der Waals surface area contributed by atoms with Crippen LogP contribution in [0.15, 0.2) is 42.7 Å². The molecule has 0 unspecified atom stereocenters. The maximum atomic E-state index is 14.9. The molecular weight excluding hydrogens is 579 g/mol. The number of nitriles is 1. The molecular formula is C32H37FN8O4. The van der Waals surface area contributed by atoms with Crippen LogP contribution in [-0.2, 0) is 9.53 Å². The first-order valence-corrected chi connectivity index (χ1v) is 15.3. The minimum atomic E-state index is -1.42. The number of piperazine rings is 1. The number of nitrogens with one attached hydrogen (secondary N) is 1. The molecule has 2 aromatic carbocycles. The van der Waals surface area contributed by atoms with Gasteiger partial charge in [0.15, 0.2) is 12.0 Å². The summed E-state index contributed by atoms with van der Waals surface area (Å²) in [4.78, 5) is 31.5. The van der Waals surface area contributed by atoms with Crippen LogP contribution in [0.1, 0.15) is 24.0 Å². The van der Waals surface area contributed by atoms with Gasteiger partial charge in [-0.2, -0.15) is 10.2 Å². The zero-order valence-electron chi connectivity index (χ0n) is 25.2. The summed E-state index contributed by atoms with van der Waals surface area (Å²) in [5, 5.41) is 22.1. The van der Waals surface area contributed by atoms with E-state index in [-0.39, 0.29) is 43.2 Å². The Bertz CT molecular complexity index is 1560. The van der Waals surface area contributed by atoms with E-state index in [1.165, 1.54) is 16.9 Å². The summed E-state index contributed by atoms with van der Waals surface area (Å²) in [5.74, 6) is 0.705. The van der Waals surface area contributed by atoms with Crippen molar-refractivity contribution >= 4 is 23.2 Å². The van der Waals surface area contributed by atoms with Crippen LogP contribution in [0.3, 0.4) is 0 Å². The van der Waals surface area contributed by atoms with Gasteiger partial charge < -0.3 is 29.7 Å². The lowest BCUT2D eigenvalue weighted by Gasteiger charge is -2.43. The zero-order chi connectivity index (χ0) is 31.3. The molecule has 2 atom stereocenters. The molecule has 3 fully saturated rings. The first-order valence-electron chi connectivity index (χ1n) is 15.3. The predicted octanol–water partition coefficient (Wildman–Crippen LogP) is 2.68. The maximum Gasteiger partial charge on any atom is 0.230 e. The first-order chi connectivity index (χ1) is 21.9. The van der Waals surface area contributed by atoms with Gasteiger partial charge in [-0.1, -0.05) is 0 Å². The molecule has 0 aliphatic carbocycles. The third-order valence-electron chi connectivity index (χ3n) is 8.61. The summed E-state index contributed by atoms with van der Waals surface area (Å²) >= 11 is 0. The van der Waals surface area contributed by atoms with Gasteiger partial charge in [0.1, 0.15) is 24.3 Å². The average Bonchev–Trinajstić information content (AvgIpc) is 3.02. The van der Waals surface area contributed by atoms with E-state index >= 15 is 0 Å². The van der Waals surface area contributed by atoms with Crippen LogP contribution in [0, 0.1) is 18.3 Å². The lowest BCUT2D eigenvalue weighted by molar-refractivity contribution is -0.135. The molecule has 3 saturated heterocycles. The van der Waals surface area contributed by atoms with E-state index in [1.807, 2.05) is 6.07 Å². The van der Waals surface area contributed by atoms with Crippen LogP contribution in [0.2, 0.25) is 0 Å². The SMILES string of the molecule is Cc1cc(Nc2ncnc(-c3ccc(O[C@H]4CCN(C(=O)CCO)C[C@@H]4F)c(C#N)c3)n2)ccc1N1CCN(C2COC2)CC1. The number of likely N-dealkylation sites (tertiary alicyclic amines) is 1. The van der Waals surface area contributed by atoms with Crippen LogP contribution < -0.4 is 15.0 Å². The van der Waals surface area contributed by atoms with Crippen molar-refractivity contribution in [2.45, 2.75) is 38.1 Å². The lowest BCUT2D eigenvalue weighted by atomic mass is 10.0. The Labute approximate surface area is 261 Å². The molecule has 13 heteroatoms. The largest absolute Gasteiger partial charge is 0.486 e. The fourth-order valence-electron chi connectivity index (χ4n) is 5.99. The van der Waals surface area contributed by atoms with Crippen LogP contribution in [0.4, 0.5) is 21.7 Å². The number of carbonyl (C=O) groups is 1. The number of halogens is 1. The molecule has 12 nitrogen and oxygen atoms in total. The summed E-state index contributed by atoms with van der Waals surface area (Å²) in [6.07, 6.45) is -0.556. The number of hydrogen-bond donors (Lipinski definition) is 2. The normalized spacial score (nSPS) is 20.8. The highest BCUT2D eigenvalue weighted by atomic mass is 19.1. The topological polar surface area (TPSA) is 140 Å². The van der Waals surface area contributed by atoms with Gasteiger partial charge in [0, 0.05) is 62.5 Å². The number of anilines is 3. The van der Waals surface area contributed by atoms with E-state index in [2.05, 4.69) is 55.2 Å². The number of carbonyl (C=O) groups excluding carboxylic acids is 1. The van der Waals surface area contributed by atoms with Crippen molar-refractivity contribution < 1.29 is 23.8 Å². The molecule has 1 aromatic heterocycles. The second-order valence-corrected chi connectivity index (χ2v) is 11.6. The maximum absolute atomic E-state index is 14.9. The van der Waals surface area contributed by atoms with Crippen molar-refractivity contribution in [2.24, 2.45) is 0 Å². The standard InChI is InChI=1S/C32H37FN8O4/c1-21-14-24(3-4-27(21)40-11-9-39(10-12-40)25-18-44-19-25)37-32-36-20-35-31(38-32)22-2-5-28(23(15-22)16-34)45-29-6-8-41(17-26(29)33)30(43)7-13-42/h2-5,14-15,20,25-26,29,42H,6-13,17-19H2,1H3,(H,35,36,37,38)/t26-,29-/m0/s1. The number of aliphatic hydroxyl groups excluding tert-OH is 1. The second kappa shape index (κ2) is 13.7. The highest BCUT2D eigenvalue weighted by Crippen LogP contribution is 2.30. The van der Waals surface area contributed by atoms with Gasteiger partial charge in [0.2, 0.25) is 11.9 Å². The summed E-state index contributed by atoms with van der Waals surface area (Å²) in [6.45, 7) is 7.75. The molecule has 3 aliphatic heterocycles. The molecule has 3 aliphatic rings. The Hall–Kier alpha value is -4.38. The Kier molecular flexibility index (Phi) is 9.34. The smallest absolute Gasteiger partial charge is 0.230 e. The number of aryl methyl sites for hydroxylation is 1. The average molecular weight is 617 g/mol. The number of piperidine rings is 1. The third-order valence-corrected chi connectivity index (χ3v) is 8.61. The molecule has 0 bridgehead atoms. The number of ether oxygens (including phenoxy) is 2. The van der Waals surface area contributed by atoms with Crippen LogP contribution >= 0.6 is 0 Å². The molecule has 2 N–H and O–H groups in total. The highest BCUT2D eigenvalue weighted by molar-refractivity contribution is 5.76. The summed E-state index contributed by atoms with van der Waals surface area (Å²) in [5.41, 5.74) is 4.03. The minimum absolute atomic E-state index is 0.0341. The molecule has 45 heavy (non-hydrogen) atoms. The highest BCUT2D eigenvalue weighted by Gasteiger charge is 2.33. The van der Waals surface area contributed by atoms with Gasteiger partial charge in [-0.05, 0) is 48.9 Å². The number of amides is 1. The van der Waals surface area contributed by atoms with Crippen molar-refractivity contribution in [3.63, 3.8) is 0 Å². The predicted molar refractivity (Wildman–Crippen MR) is 165 cm³/mol. The fraction of sp³-hybridized carbons (Fsp3) is 0.469. The number of rotatable bonds is 9. The molecule has 1 amide bonds. The van der Waals surface area contributed by atoms with Gasteiger partial charge in [0.05, 0.1) is 38.0 Å². The number of hydrogen-bond acceptors (Lipinski definition) is 11. The van der Waals surface area contributed by atoms with Crippen LogP contribution in [0.5, 0.6) is 5.75 Å². The third kappa shape index (κ3) is 6.98. The van der Waals surface area contributed by atoms with E-state index in [0.29, 0.717) is 29.9 Å². The Morgan fingerprint density at radius 2 is 1.98 bits per heavy atom. The summed E-state index contributed by atoms with van der Waals surface area (Å²) < 4.78 is 26.1. The van der Waals surface area contributed by atoms with E-state index < -0.39 is 12.3 Å².